The maximum absolute atomic E-state index is 11.5. The second-order valence-electron chi connectivity index (χ2n) is 6.87. The van der Waals surface area contributed by atoms with E-state index in [0.717, 1.165) is 19.0 Å². The first-order valence-electron chi connectivity index (χ1n) is 7.47. The highest BCUT2D eigenvalue weighted by Crippen LogP contribution is 2.36. The highest BCUT2D eigenvalue weighted by Gasteiger charge is 2.47. The minimum absolute atomic E-state index is 0.150. The predicted octanol–water partition coefficient (Wildman–Crippen LogP) is 0.898. The van der Waals surface area contributed by atoms with Gasteiger partial charge in [-0.05, 0) is 27.2 Å². The van der Waals surface area contributed by atoms with Crippen LogP contribution in [0, 0.1) is 0 Å². The van der Waals surface area contributed by atoms with Gasteiger partial charge in [0.15, 0.2) is 0 Å². The average molecular weight is 289 g/mol. The summed E-state index contributed by atoms with van der Waals surface area (Å²) in [5.41, 5.74) is 0.719. The molecular weight excluding hydrogens is 266 g/mol. The van der Waals surface area contributed by atoms with E-state index < -0.39 is 0 Å². The van der Waals surface area contributed by atoms with Gasteiger partial charge in [0, 0.05) is 50.2 Å². The van der Waals surface area contributed by atoms with Gasteiger partial charge < -0.3 is 10.2 Å². The fourth-order valence-corrected chi connectivity index (χ4v) is 3.46. The third-order valence-electron chi connectivity index (χ3n) is 4.49. The first-order chi connectivity index (χ1) is 9.90. The molecule has 1 N–H and O–H groups in total. The zero-order valence-electron chi connectivity index (χ0n) is 13.1. The second-order valence-corrected chi connectivity index (χ2v) is 6.87. The topological polar surface area (TPSA) is 61.4 Å². The Morgan fingerprint density at radius 2 is 1.90 bits per heavy atom. The van der Waals surface area contributed by atoms with Crippen molar-refractivity contribution in [2.75, 3.05) is 25.0 Å². The lowest BCUT2D eigenvalue weighted by Gasteiger charge is -2.42. The molecular formula is C15H23N5O. The monoisotopic (exact) mass is 289 g/mol. The van der Waals surface area contributed by atoms with E-state index in [1.165, 1.54) is 6.42 Å². The van der Waals surface area contributed by atoms with Crippen LogP contribution >= 0.6 is 0 Å². The molecule has 1 aromatic heterocycles. The zero-order valence-corrected chi connectivity index (χ0v) is 13.1. The molecule has 6 heteroatoms. The van der Waals surface area contributed by atoms with Crippen molar-refractivity contribution in [3.8, 4) is 0 Å². The van der Waals surface area contributed by atoms with E-state index in [1.807, 2.05) is 0 Å². The fraction of sp³-hybridized carbons (Fsp3) is 0.667. The molecule has 1 amide bonds. The third kappa shape index (κ3) is 2.48. The summed E-state index contributed by atoms with van der Waals surface area (Å²) in [6.07, 6.45) is 4.39. The number of carbonyl (C=O) groups excluding carboxylic acids is 1. The van der Waals surface area contributed by atoms with E-state index in [4.69, 9.17) is 0 Å². The molecule has 0 aliphatic carbocycles. The van der Waals surface area contributed by atoms with Crippen LogP contribution in [0.1, 0.15) is 37.6 Å². The van der Waals surface area contributed by atoms with Crippen molar-refractivity contribution in [1.82, 2.24) is 20.2 Å². The lowest BCUT2D eigenvalue weighted by molar-refractivity contribution is 0.0962. The highest BCUT2D eigenvalue weighted by molar-refractivity contribution is 5.93. The Morgan fingerprint density at radius 1 is 1.24 bits per heavy atom. The summed E-state index contributed by atoms with van der Waals surface area (Å²) in [6.45, 7) is 8.85. The molecule has 21 heavy (non-hydrogen) atoms. The van der Waals surface area contributed by atoms with Crippen molar-refractivity contribution in [3.05, 3.63) is 18.0 Å². The number of nitrogens with zero attached hydrogens (tertiary/aromatic N) is 4. The number of hydrogen-bond acceptors (Lipinski definition) is 5. The largest absolute Gasteiger partial charge is 0.355 e. The number of rotatable bonds is 2. The van der Waals surface area contributed by atoms with E-state index in [-0.39, 0.29) is 11.4 Å². The van der Waals surface area contributed by atoms with E-state index in [0.29, 0.717) is 17.6 Å². The predicted molar refractivity (Wildman–Crippen MR) is 81.4 cm³/mol. The molecule has 0 spiro atoms. The molecule has 2 bridgehead atoms. The number of piperazine rings is 1. The molecule has 1 aromatic rings. The van der Waals surface area contributed by atoms with Crippen LogP contribution in [0.15, 0.2) is 12.4 Å². The number of carbonyl (C=O) groups is 1. The Bertz CT molecular complexity index is 536. The molecule has 2 saturated heterocycles. The van der Waals surface area contributed by atoms with Gasteiger partial charge in [0.2, 0.25) is 5.95 Å². The van der Waals surface area contributed by atoms with Gasteiger partial charge in [-0.3, -0.25) is 9.69 Å². The molecule has 2 aliphatic rings. The Hall–Kier alpha value is -1.69. The molecule has 2 atom stereocenters. The fourth-order valence-electron chi connectivity index (χ4n) is 3.46. The van der Waals surface area contributed by atoms with Crippen LogP contribution in [-0.4, -0.2) is 58.5 Å². The highest BCUT2D eigenvalue weighted by atomic mass is 16.1. The van der Waals surface area contributed by atoms with Crippen molar-refractivity contribution < 1.29 is 4.79 Å². The molecule has 0 radical (unpaired) electrons. The van der Waals surface area contributed by atoms with Gasteiger partial charge in [0.25, 0.3) is 5.91 Å². The third-order valence-corrected chi connectivity index (χ3v) is 4.49. The summed E-state index contributed by atoms with van der Waals surface area (Å²) in [4.78, 5) is 25.1. The van der Waals surface area contributed by atoms with E-state index in [2.05, 4.69) is 45.9 Å². The van der Waals surface area contributed by atoms with Crippen LogP contribution in [0.5, 0.6) is 0 Å². The van der Waals surface area contributed by atoms with Crippen molar-refractivity contribution in [1.29, 1.82) is 0 Å². The van der Waals surface area contributed by atoms with Crippen LogP contribution in [0.25, 0.3) is 0 Å². The lowest BCUT2D eigenvalue weighted by Crippen LogP contribution is -2.53. The van der Waals surface area contributed by atoms with Crippen LogP contribution in [0.4, 0.5) is 5.95 Å². The van der Waals surface area contributed by atoms with Gasteiger partial charge in [-0.2, -0.15) is 0 Å². The SMILES string of the molecule is CNC(=O)c1cnc(N2C[C@H]3C[C@@H]2CN3C(C)(C)C)nc1. The van der Waals surface area contributed by atoms with Gasteiger partial charge >= 0.3 is 0 Å². The molecule has 6 nitrogen and oxygen atoms in total. The molecule has 3 heterocycles. The van der Waals surface area contributed by atoms with Gasteiger partial charge in [0.1, 0.15) is 0 Å². The Balaban J connectivity index is 1.72. The Kier molecular flexibility index (Phi) is 3.36. The van der Waals surface area contributed by atoms with Gasteiger partial charge in [0.05, 0.1) is 5.56 Å². The minimum atomic E-state index is -0.150. The molecule has 0 aromatic carbocycles. The van der Waals surface area contributed by atoms with E-state index in [1.54, 1.807) is 19.4 Å². The summed E-state index contributed by atoms with van der Waals surface area (Å²) in [6, 6.07) is 1.07. The van der Waals surface area contributed by atoms with Crippen molar-refractivity contribution in [2.45, 2.75) is 44.8 Å². The minimum Gasteiger partial charge on any atom is -0.355 e. The van der Waals surface area contributed by atoms with Gasteiger partial charge in [-0.1, -0.05) is 0 Å². The maximum atomic E-state index is 11.5. The van der Waals surface area contributed by atoms with E-state index in [9.17, 15) is 4.79 Å². The first-order valence-corrected chi connectivity index (χ1v) is 7.47. The quantitative estimate of drug-likeness (QED) is 0.876. The number of aromatic nitrogens is 2. The molecule has 2 aliphatic heterocycles. The summed E-state index contributed by atoms with van der Waals surface area (Å²) < 4.78 is 0. The molecule has 3 rings (SSSR count). The van der Waals surface area contributed by atoms with Crippen molar-refractivity contribution in [2.24, 2.45) is 0 Å². The number of hydrogen-bond donors (Lipinski definition) is 1. The second kappa shape index (κ2) is 4.94. The number of fused-ring (bicyclic) bond motifs is 2. The van der Waals surface area contributed by atoms with Crippen LogP contribution in [0.2, 0.25) is 0 Å². The summed E-state index contributed by atoms with van der Waals surface area (Å²) >= 11 is 0. The average Bonchev–Trinajstić information content (AvgIpc) is 3.06. The van der Waals surface area contributed by atoms with Crippen molar-refractivity contribution in [3.63, 3.8) is 0 Å². The number of amides is 1. The molecule has 2 fully saturated rings. The zero-order chi connectivity index (χ0) is 15.2. The smallest absolute Gasteiger partial charge is 0.254 e. The van der Waals surface area contributed by atoms with Crippen LogP contribution in [0.3, 0.4) is 0 Å². The van der Waals surface area contributed by atoms with E-state index >= 15 is 0 Å². The van der Waals surface area contributed by atoms with Crippen LogP contribution < -0.4 is 10.2 Å². The number of likely N-dealkylation sites (tertiary alicyclic amines) is 1. The lowest BCUT2D eigenvalue weighted by atomic mass is 10.0. The first kappa shape index (κ1) is 14.3. The maximum Gasteiger partial charge on any atom is 0.254 e. The number of anilines is 1. The molecule has 114 valence electrons. The summed E-state index contributed by atoms with van der Waals surface area (Å²) in [7, 11) is 1.61. The molecule has 0 saturated carbocycles. The normalized spacial score (nSPS) is 25.4. The molecule has 0 unspecified atom stereocenters. The Labute approximate surface area is 125 Å². The number of nitrogens with one attached hydrogen (secondary N) is 1. The standard InChI is InChI=1S/C15H23N5O/c1-15(2,3)20-9-11-5-12(20)8-19(11)14-17-6-10(7-18-14)13(21)16-4/h6-7,11-12H,5,8-9H2,1-4H3,(H,16,21)/t11-,12-/m1/s1. The summed E-state index contributed by atoms with van der Waals surface area (Å²) in [5, 5.41) is 2.58. The van der Waals surface area contributed by atoms with Gasteiger partial charge in [-0.25, -0.2) is 9.97 Å². The van der Waals surface area contributed by atoms with Crippen molar-refractivity contribution >= 4 is 11.9 Å². The van der Waals surface area contributed by atoms with Gasteiger partial charge in [-0.15, -0.1) is 0 Å². The Morgan fingerprint density at radius 3 is 2.38 bits per heavy atom. The van der Waals surface area contributed by atoms with Crippen LogP contribution in [-0.2, 0) is 0 Å². The summed E-state index contributed by atoms with van der Waals surface area (Å²) in [5.74, 6) is 0.590.